The molecule has 2 nitrogen and oxygen atoms in total. The van der Waals surface area contributed by atoms with Crippen molar-refractivity contribution < 1.29 is 0 Å². The zero-order valence-electron chi connectivity index (χ0n) is 13.6. The topological polar surface area (TPSA) is 8.17 Å². The number of halogens is 1. The van der Waals surface area contributed by atoms with Crippen LogP contribution in [0.4, 0.5) is 0 Å². The Hall–Kier alpha value is -2.03. The van der Waals surface area contributed by atoms with Gasteiger partial charge in [-0.2, -0.15) is 0 Å². The van der Waals surface area contributed by atoms with Crippen molar-refractivity contribution in [3.8, 4) is 0 Å². The van der Waals surface area contributed by atoms with E-state index in [1.165, 1.54) is 16.8 Å². The van der Waals surface area contributed by atoms with Crippen molar-refractivity contribution in [2.75, 3.05) is 6.54 Å². The molecule has 2 heterocycles. The minimum Gasteiger partial charge on any atom is -0.350 e. The van der Waals surface area contributed by atoms with Gasteiger partial charge in [-0.25, -0.2) is 0 Å². The summed E-state index contributed by atoms with van der Waals surface area (Å²) in [6, 6.07) is 23.6. The van der Waals surface area contributed by atoms with E-state index in [-0.39, 0.29) is 6.04 Å². The maximum atomic E-state index is 6.29. The molecule has 0 N–H and O–H groups in total. The summed E-state index contributed by atoms with van der Waals surface area (Å²) in [5, 5.41) is 0.800. The van der Waals surface area contributed by atoms with Gasteiger partial charge < -0.3 is 4.57 Å². The first-order chi connectivity index (χ1) is 11.8. The first-order valence-corrected chi connectivity index (χ1v) is 8.87. The Labute approximate surface area is 148 Å². The monoisotopic (exact) mass is 336 g/mol. The molecule has 3 heteroatoms. The Balaban J connectivity index is 1.76. The van der Waals surface area contributed by atoms with Crippen LogP contribution in [0.15, 0.2) is 72.9 Å². The van der Waals surface area contributed by atoms with Crippen LogP contribution in [-0.4, -0.2) is 16.0 Å². The number of rotatable bonds is 3. The van der Waals surface area contributed by atoms with E-state index in [1.807, 2.05) is 6.07 Å². The summed E-state index contributed by atoms with van der Waals surface area (Å²) < 4.78 is 2.39. The smallest absolute Gasteiger partial charge is 0.0759 e. The number of hydrogen-bond donors (Lipinski definition) is 0. The van der Waals surface area contributed by atoms with Gasteiger partial charge in [0.25, 0.3) is 0 Å². The number of nitrogens with zero attached hydrogens (tertiary/aromatic N) is 2. The third kappa shape index (κ3) is 3.12. The molecular formula is C21H21ClN2. The molecule has 1 aliphatic rings. The van der Waals surface area contributed by atoms with Crippen molar-refractivity contribution >= 4 is 11.6 Å². The summed E-state index contributed by atoms with van der Waals surface area (Å²) in [5.41, 5.74) is 3.97. The highest BCUT2D eigenvalue weighted by Crippen LogP contribution is 2.33. The van der Waals surface area contributed by atoms with Crippen molar-refractivity contribution in [3.63, 3.8) is 0 Å². The third-order valence-electron chi connectivity index (χ3n) is 4.75. The minimum atomic E-state index is 0.237. The average Bonchev–Trinajstić information content (AvgIpc) is 2.97. The number of aryl methyl sites for hydroxylation is 1. The number of hydrogen-bond acceptors (Lipinski definition) is 1. The van der Waals surface area contributed by atoms with Gasteiger partial charge in [0.05, 0.1) is 6.04 Å². The van der Waals surface area contributed by atoms with Gasteiger partial charge in [-0.1, -0.05) is 54.1 Å². The fourth-order valence-electron chi connectivity index (χ4n) is 3.69. The largest absolute Gasteiger partial charge is 0.350 e. The predicted molar refractivity (Wildman–Crippen MR) is 99.2 cm³/mol. The van der Waals surface area contributed by atoms with Crippen LogP contribution in [0.25, 0.3) is 0 Å². The van der Waals surface area contributed by atoms with Gasteiger partial charge in [-0.15, -0.1) is 0 Å². The van der Waals surface area contributed by atoms with E-state index >= 15 is 0 Å². The Bertz CT molecular complexity index is 809. The van der Waals surface area contributed by atoms with Gasteiger partial charge in [0.2, 0.25) is 0 Å². The second kappa shape index (κ2) is 6.84. The minimum absolute atomic E-state index is 0.237. The van der Waals surface area contributed by atoms with Gasteiger partial charge >= 0.3 is 0 Å². The maximum Gasteiger partial charge on any atom is 0.0759 e. The lowest BCUT2D eigenvalue weighted by Gasteiger charge is -2.30. The van der Waals surface area contributed by atoms with Crippen molar-refractivity contribution in [2.45, 2.75) is 25.6 Å². The number of fused-ring (bicyclic) bond motifs is 1. The van der Waals surface area contributed by atoms with Crippen LogP contribution in [-0.2, 0) is 13.1 Å². The molecular weight excluding hydrogens is 316 g/mol. The van der Waals surface area contributed by atoms with E-state index in [0.717, 1.165) is 31.1 Å². The zero-order chi connectivity index (χ0) is 16.4. The van der Waals surface area contributed by atoms with E-state index in [1.54, 1.807) is 0 Å². The Kier molecular flexibility index (Phi) is 4.42. The fourth-order valence-corrected chi connectivity index (χ4v) is 3.88. The van der Waals surface area contributed by atoms with E-state index in [4.69, 9.17) is 11.6 Å². The fraction of sp³-hybridized carbons (Fsp3) is 0.238. The highest BCUT2D eigenvalue weighted by molar-refractivity contribution is 6.30. The maximum absolute atomic E-state index is 6.29. The summed E-state index contributed by atoms with van der Waals surface area (Å²) in [7, 11) is 0. The van der Waals surface area contributed by atoms with E-state index in [9.17, 15) is 0 Å². The summed E-state index contributed by atoms with van der Waals surface area (Å²) in [6.07, 6.45) is 3.35. The quantitative estimate of drug-likeness (QED) is 0.643. The average molecular weight is 337 g/mol. The molecule has 0 saturated carbocycles. The molecule has 1 aliphatic heterocycles. The molecule has 0 fully saturated rings. The Morgan fingerprint density at radius 1 is 0.917 bits per heavy atom. The van der Waals surface area contributed by atoms with Crippen LogP contribution in [0.5, 0.6) is 0 Å². The van der Waals surface area contributed by atoms with Crippen LogP contribution in [0.2, 0.25) is 5.02 Å². The summed E-state index contributed by atoms with van der Waals surface area (Å²) in [4.78, 5) is 2.57. The van der Waals surface area contributed by atoms with Crippen LogP contribution >= 0.6 is 11.6 Å². The molecule has 3 aromatic rings. The molecule has 0 saturated heterocycles. The molecule has 0 aliphatic carbocycles. The lowest BCUT2D eigenvalue weighted by Crippen LogP contribution is -2.29. The molecule has 4 rings (SSSR count). The van der Waals surface area contributed by atoms with Crippen LogP contribution < -0.4 is 0 Å². The van der Waals surface area contributed by atoms with Crippen molar-refractivity contribution in [1.29, 1.82) is 0 Å². The highest BCUT2D eigenvalue weighted by atomic mass is 35.5. The van der Waals surface area contributed by atoms with Crippen molar-refractivity contribution in [1.82, 2.24) is 9.47 Å². The first kappa shape index (κ1) is 15.5. The molecule has 24 heavy (non-hydrogen) atoms. The van der Waals surface area contributed by atoms with Crippen LogP contribution in [0, 0.1) is 0 Å². The van der Waals surface area contributed by atoms with Crippen molar-refractivity contribution in [2.24, 2.45) is 0 Å². The van der Waals surface area contributed by atoms with Crippen LogP contribution in [0.3, 0.4) is 0 Å². The van der Waals surface area contributed by atoms with Gasteiger partial charge in [0.1, 0.15) is 0 Å². The Morgan fingerprint density at radius 2 is 1.79 bits per heavy atom. The first-order valence-electron chi connectivity index (χ1n) is 8.50. The SMILES string of the molecule is Clc1cccc(C2c3cccn3CCCN2Cc2ccccc2)c1. The van der Waals surface area contributed by atoms with Gasteiger partial charge in [-0.05, 0) is 41.8 Å². The van der Waals surface area contributed by atoms with E-state index < -0.39 is 0 Å². The molecule has 0 bridgehead atoms. The molecule has 0 amide bonds. The van der Waals surface area contributed by atoms with Gasteiger partial charge in [0.15, 0.2) is 0 Å². The molecule has 1 atom stereocenters. The number of benzene rings is 2. The highest BCUT2D eigenvalue weighted by Gasteiger charge is 2.27. The number of aromatic nitrogens is 1. The van der Waals surface area contributed by atoms with Gasteiger partial charge in [-0.3, -0.25) is 4.90 Å². The summed E-state index contributed by atoms with van der Waals surface area (Å²) in [5.74, 6) is 0. The molecule has 1 unspecified atom stereocenters. The molecule has 2 aromatic carbocycles. The summed E-state index contributed by atoms with van der Waals surface area (Å²) in [6.45, 7) is 3.10. The molecule has 0 spiro atoms. The second-order valence-corrected chi connectivity index (χ2v) is 6.83. The molecule has 122 valence electrons. The van der Waals surface area contributed by atoms with Gasteiger partial charge in [0, 0.05) is 36.5 Å². The standard InChI is InChI=1S/C21H21ClN2/c22-19-10-4-9-18(15-19)21-20-11-5-12-23(20)13-6-14-24(21)16-17-7-2-1-3-8-17/h1-5,7-12,15,21H,6,13-14,16H2. The molecule has 0 radical (unpaired) electrons. The van der Waals surface area contributed by atoms with E-state index in [0.29, 0.717) is 0 Å². The second-order valence-electron chi connectivity index (χ2n) is 6.39. The lowest BCUT2D eigenvalue weighted by atomic mass is 10.0. The summed E-state index contributed by atoms with van der Waals surface area (Å²) >= 11 is 6.29. The Morgan fingerprint density at radius 3 is 2.62 bits per heavy atom. The third-order valence-corrected chi connectivity index (χ3v) is 4.98. The normalized spacial score (nSPS) is 18.1. The molecule has 1 aromatic heterocycles. The van der Waals surface area contributed by atoms with Crippen LogP contribution in [0.1, 0.15) is 29.3 Å². The lowest BCUT2D eigenvalue weighted by molar-refractivity contribution is 0.220. The predicted octanol–water partition coefficient (Wildman–Crippen LogP) is 5.14. The zero-order valence-corrected chi connectivity index (χ0v) is 14.4. The van der Waals surface area contributed by atoms with E-state index in [2.05, 4.69) is 76.3 Å². The van der Waals surface area contributed by atoms with Crippen molar-refractivity contribution in [3.05, 3.63) is 94.8 Å².